The number of amides is 1. The van der Waals surface area contributed by atoms with E-state index in [1.165, 1.54) is 24.1 Å². The summed E-state index contributed by atoms with van der Waals surface area (Å²) in [6.45, 7) is 1.68. The normalized spacial score (nSPS) is 23.1. The maximum absolute atomic E-state index is 14.5. The Balaban J connectivity index is 1.88. The molecule has 8 heteroatoms. The fourth-order valence-corrected chi connectivity index (χ4v) is 3.27. The van der Waals surface area contributed by atoms with Gasteiger partial charge < -0.3 is 5.73 Å². The summed E-state index contributed by atoms with van der Waals surface area (Å²) < 4.78 is 14.5. The summed E-state index contributed by atoms with van der Waals surface area (Å²) in [7, 11) is 1.52. The van der Waals surface area contributed by atoms with Crippen LogP contribution in [0.4, 0.5) is 4.39 Å². The van der Waals surface area contributed by atoms with Gasteiger partial charge in [0.15, 0.2) is 17.5 Å². The summed E-state index contributed by atoms with van der Waals surface area (Å²) in [5, 5.41) is 0. The first kappa shape index (κ1) is 18.9. The molecule has 1 amide bonds. The van der Waals surface area contributed by atoms with E-state index in [4.69, 9.17) is 5.73 Å². The molecule has 1 aromatic rings. The van der Waals surface area contributed by atoms with Crippen LogP contribution < -0.4 is 5.73 Å². The van der Waals surface area contributed by atoms with Gasteiger partial charge in [-0.05, 0) is 31.0 Å². The number of rotatable bonds is 4. The quantitative estimate of drug-likeness (QED) is 0.855. The molecule has 1 aromatic carbocycles. The van der Waals surface area contributed by atoms with E-state index in [0.29, 0.717) is 24.1 Å². The van der Waals surface area contributed by atoms with Gasteiger partial charge in [0.2, 0.25) is 5.91 Å². The zero-order valence-electron chi connectivity index (χ0n) is 15.3. The van der Waals surface area contributed by atoms with Gasteiger partial charge in [0.05, 0.1) is 24.2 Å². The van der Waals surface area contributed by atoms with E-state index in [-0.39, 0.29) is 48.4 Å². The lowest BCUT2D eigenvalue weighted by atomic mass is 9.85. The van der Waals surface area contributed by atoms with Crippen molar-refractivity contribution >= 4 is 29.1 Å². The van der Waals surface area contributed by atoms with Gasteiger partial charge in [-0.25, -0.2) is 9.38 Å². The molecular formula is C19H21FN4O3. The fourth-order valence-electron chi connectivity index (χ4n) is 3.27. The molecule has 7 nitrogen and oxygen atoms in total. The zero-order chi connectivity index (χ0) is 19.8. The fraction of sp³-hybridized carbons (Fsp3) is 0.421. The molecule has 2 heterocycles. The highest BCUT2D eigenvalue weighted by atomic mass is 19.1. The smallest absolute Gasteiger partial charge is 0.231 e. The highest BCUT2D eigenvalue weighted by molar-refractivity contribution is 6.41. The number of hydrogen-bond donors (Lipinski definition) is 1. The van der Waals surface area contributed by atoms with E-state index in [1.54, 1.807) is 13.0 Å². The number of ketones is 2. The van der Waals surface area contributed by atoms with Crippen LogP contribution in [0.5, 0.6) is 0 Å². The average Bonchev–Trinajstić information content (AvgIpc) is 2.61. The van der Waals surface area contributed by atoms with Gasteiger partial charge in [0, 0.05) is 25.5 Å². The van der Waals surface area contributed by atoms with Gasteiger partial charge in [0.25, 0.3) is 0 Å². The number of hydrogen-bond acceptors (Lipinski definition) is 6. The predicted molar refractivity (Wildman–Crippen MR) is 98.0 cm³/mol. The number of nitrogens with zero attached hydrogens (tertiary/aromatic N) is 3. The SMILES string of the molecule is CN1C(=O)CC(C)(c2cc(CC(=O)C3=NCC(=O)CC3)ccc2F)N=C1N. The van der Waals surface area contributed by atoms with Crippen molar-refractivity contribution in [2.75, 3.05) is 13.6 Å². The molecule has 2 aliphatic heterocycles. The molecule has 1 unspecified atom stereocenters. The van der Waals surface area contributed by atoms with Crippen molar-refractivity contribution < 1.29 is 18.8 Å². The Morgan fingerprint density at radius 3 is 2.70 bits per heavy atom. The Labute approximate surface area is 156 Å². The lowest BCUT2D eigenvalue weighted by Gasteiger charge is -2.34. The Bertz CT molecular complexity index is 893. The number of benzene rings is 1. The summed E-state index contributed by atoms with van der Waals surface area (Å²) in [6, 6.07) is 4.35. The van der Waals surface area contributed by atoms with Gasteiger partial charge in [-0.2, -0.15) is 0 Å². The molecule has 3 rings (SSSR count). The highest BCUT2D eigenvalue weighted by Gasteiger charge is 2.38. The number of carbonyl (C=O) groups excluding carboxylic acids is 3. The number of aliphatic imine (C=N–C) groups is 2. The van der Waals surface area contributed by atoms with Crippen LogP contribution in [0.25, 0.3) is 0 Å². The predicted octanol–water partition coefficient (Wildman–Crippen LogP) is 1.13. The maximum atomic E-state index is 14.5. The van der Waals surface area contributed by atoms with E-state index < -0.39 is 11.4 Å². The third-order valence-electron chi connectivity index (χ3n) is 4.96. The number of halogens is 1. The Kier molecular flexibility index (Phi) is 4.91. The first-order valence-corrected chi connectivity index (χ1v) is 8.68. The van der Waals surface area contributed by atoms with Crippen LogP contribution in [-0.4, -0.2) is 47.6 Å². The minimum atomic E-state index is -1.13. The largest absolute Gasteiger partial charge is 0.369 e. The molecule has 0 spiro atoms. The molecule has 1 atom stereocenters. The third kappa shape index (κ3) is 3.79. The summed E-state index contributed by atoms with van der Waals surface area (Å²) in [4.78, 5) is 45.4. The topological polar surface area (TPSA) is 105 Å². The van der Waals surface area contributed by atoms with Crippen molar-refractivity contribution in [1.82, 2.24) is 4.90 Å². The zero-order valence-corrected chi connectivity index (χ0v) is 15.3. The molecule has 0 aromatic heterocycles. The molecule has 0 saturated carbocycles. The van der Waals surface area contributed by atoms with Crippen molar-refractivity contribution in [3.63, 3.8) is 0 Å². The summed E-state index contributed by atoms with van der Waals surface area (Å²) in [5.74, 6) is -0.912. The molecule has 142 valence electrons. The molecule has 2 N–H and O–H groups in total. The maximum Gasteiger partial charge on any atom is 0.231 e. The van der Waals surface area contributed by atoms with Gasteiger partial charge >= 0.3 is 0 Å². The molecule has 0 saturated heterocycles. The van der Waals surface area contributed by atoms with Crippen molar-refractivity contribution in [3.8, 4) is 0 Å². The summed E-state index contributed by atoms with van der Waals surface area (Å²) >= 11 is 0. The first-order chi connectivity index (χ1) is 12.7. The lowest BCUT2D eigenvalue weighted by Crippen LogP contribution is -2.47. The second kappa shape index (κ2) is 7.02. The Hall–Kier alpha value is -2.90. The number of carbonyl (C=O) groups is 3. The van der Waals surface area contributed by atoms with Crippen molar-refractivity contribution in [2.24, 2.45) is 15.7 Å². The second-order valence-electron chi connectivity index (χ2n) is 7.09. The summed E-state index contributed by atoms with van der Waals surface area (Å²) in [6.07, 6.45) is 0.683. The van der Waals surface area contributed by atoms with E-state index in [9.17, 15) is 18.8 Å². The molecule has 0 fully saturated rings. The first-order valence-electron chi connectivity index (χ1n) is 8.68. The molecule has 0 radical (unpaired) electrons. The Morgan fingerprint density at radius 1 is 1.33 bits per heavy atom. The minimum Gasteiger partial charge on any atom is -0.369 e. The number of nitrogens with two attached hydrogens (primary N) is 1. The van der Waals surface area contributed by atoms with Crippen LogP contribution in [0.3, 0.4) is 0 Å². The van der Waals surface area contributed by atoms with Crippen LogP contribution in [0.2, 0.25) is 0 Å². The minimum absolute atomic E-state index is 0.0194. The van der Waals surface area contributed by atoms with Crippen molar-refractivity contribution in [3.05, 3.63) is 35.1 Å². The van der Waals surface area contributed by atoms with Crippen LogP contribution in [0.15, 0.2) is 28.2 Å². The van der Waals surface area contributed by atoms with Crippen LogP contribution in [0.1, 0.15) is 37.3 Å². The van der Waals surface area contributed by atoms with Crippen LogP contribution in [0, 0.1) is 5.82 Å². The van der Waals surface area contributed by atoms with E-state index in [1.807, 2.05) is 0 Å². The van der Waals surface area contributed by atoms with Crippen molar-refractivity contribution in [2.45, 2.75) is 38.1 Å². The highest BCUT2D eigenvalue weighted by Crippen LogP contribution is 2.35. The van der Waals surface area contributed by atoms with Crippen molar-refractivity contribution in [1.29, 1.82) is 0 Å². The molecule has 0 aliphatic carbocycles. The Morgan fingerprint density at radius 2 is 2.07 bits per heavy atom. The standard InChI is InChI=1S/C19H21FN4O3/c1-19(9-17(27)24(2)18(21)23-19)13-7-11(3-5-14(13)20)8-16(26)15-6-4-12(25)10-22-15/h3,5,7H,4,6,8-10H2,1-2H3,(H2,21,23). The van der Waals surface area contributed by atoms with Crippen LogP contribution in [-0.2, 0) is 26.3 Å². The average molecular weight is 372 g/mol. The van der Waals surface area contributed by atoms with Gasteiger partial charge in [-0.1, -0.05) is 6.07 Å². The summed E-state index contributed by atoms with van der Waals surface area (Å²) in [5.41, 5.74) is 5.87. The van der Waals surface area contributed by atoms with Gasteiger partial charge in [-0.15, -0.1) is 0 Å². The third-order valence-corrected chi connectivity index (χ3v) is 4.96. The number of Topliss-reactive ketones (excluding diaryl/α,β-unsaturated/α-hetero) is 2. The van der Waals surface area contributed by atoms with Gasteiger partial charge in [-0.3, -0.25) is 24.3 Å². The molecule has 2 aliphatic rings. The van der Waals surface area contributed by atoms with E-state index in [2.05, 4.69) is 9.98 Å². The van der Waals surface area contributed by atoms with E-state index >= 15 is 0 Å². The van der Waals surface area contributed by atoms with E-state index in [0.717, 1.165) is 0 Å². The molecular weight excluding hydrogens is 351 g/mol. The van der Waals surface area contributed by atoms with Gasteiger partial charge in [0.1, 0.15) is 5.82 Å². The number of guanidine groups is 1. The second-order valence-corrected chi connectivity index (χ2v) is 7.09. The van der Waals surface area contributed by atoms with Crippen LogP contribution >= 0.6 is 0 Å². The lowest BCUT2D eigenvalue weighted by molar-refractivity contribution is -0.128. The monoisotopic (exact) mass is 372 g/mol. The molecule has 0 bridgehead atoms. The molecule has 27 heavy (non-hydrogen) atoms.